The van der Waals surface area contributed by atoms with Gasteiger partial charge in [0, 0.05) is 32.4 Å². The topological polar surface area (TPSA) is 66.6 Å². The van der Waals surface area contributed by atoms with Gasteiger partial charge in [-0.3, -0.25) is 9.69 Å². The Hall–Kier alpha value is -2.80. The van der Waals surface area contributed by atoms with Crippen LogP contribution < -0.4 is 0 Å². The summed E-state index contributed by atoms with van der Waals surface area (Å²) in [6, 6.07) is 12.4. The van der Waals surface area contributed by atoms with Gasteiger partial charge in [-0.15, -0.1) is 5.10 Å². The third-order valence-corrected chi connectivity index (χ3v) is 4.89. The molecule has 1 aliphatic rings. The van der Waals surface area contributed by atoms with Crippen molar-refractivity contribution >= 4 is 11.6 Å². The predicted octanol–water partition coefficient (Wildman–Crippen LogP) is 1.25. The molecule has 0 aliphatic carbocycles. The van der Waals surface area contributed by atoms with Crippen LogP contribution in [-0.2, 0) is 13.0 Å². The van der Waals surface area contributed by atoms with E-state index in [1.165, 1.54) is 15.6 Å². The number of benzene rings is 1. The first-order chi connectivity index (χ1) is 12.1. The molecule has 0 saturated heterocycles. The van der Waals surface area contributed by atoms with Gasteiger partial charge >= 0.3 is 0 Å². The maximum absolute atomic E-state index is 12.8. The molecule has 1 amide bonds. The van der Waals surface area contributed by atoms with Gasteiger partial charge < -0.3 is 4.90 Å². The van der Waals surface area contributed by atoms with Crippen LogP contribution in [0.2, 0.25) is 0 Å². The van der Waals surface area contributed by atoms with E-state index in [2.05, 4.69) is 51.7 Å². The second-order valence-corrected chi connectivity index (χ2v) is 6.63. The van der Waals surface area contributed by atoms with E-state index in [4.69, 9.17) is 0 Å². The molecule has 0 unspecified atom stereocenters. The Labute approximate surface area is 145 Å². The summed E-state index contributed by atoms with van der Waals surface area (Å²) in [7, 11) is 3.96. The molecule has 3 heterocycles. The number of hydrogen-bond donors (Lipinski definition) is 0. The Morgan fingerprint density at radius 2 is 2.04 bits per heavy atom. The lowest BCUT2D eigenvalue weighted by atomic mass is 9.94. The zero-order chi connectivity index (χ0) is 17.4. The molecule has 1 aliphatic heterocycles. The minimum absolute atomic E-state index is 0.0235. The first kappa shape index (κ1) is 15.7. The number of carbonyl (C=O) groups excluding carboxylic acids is 1. The van der Waals surface area contributed by atoms with E-state index in [-0.39, 0.29) is 5.91 Å². The molecular formula is C18H20N6O. The summed E-state index contributed by atoms with van der Waals surface area (Å²) in [4.78, 5) is 16.9. The Morgan fingerprint density at radius 3 is 2.88 bits per heavy atom. The van der Waals surface area contributed by atoms with Gasteiger partial charge in [-0.25, -0.2) is 0 Å². The zero-order valence-corrected chi connectivity index (χ0v) is 14.3. The summed E-state index contributed by atoms with van der Waals surface area (Å²) >= 11 is 0. The molecule has 0 spiro atoms. The first-order valence-electron chi connectivity index (χ1n) is 8.32. The third-order valence-electron chi connectivity index (χ3n) is 4.89. The molecule has 0 N–H and O–H groups in total. The highest BCUT2D eigenvalue weighted by molar-refractivity contribution is 5.94. The van der Waals surface area contributed by atoms with Crippen LogP contribution in [0.15, 0.2) is 42.6 Å². The first-order valence-corrected chi connectivity index (χ1v) is 8.32. The van der Waals surface area contributed by atoms with Crippen molar-refractivity contribution < 1.29 is 4.79 Å². The molecule has 0 saturated carbocycles. The number of amides is 1. The second kappa shape index (κ2) is 6.25. The van der Waals surface area contributed by atoms with Crippen molar-refractivity contribution in [3.05, 3.63) is 59.3 Å². The van der Waals surface area contributed by atoms with Crippen molar-refractivity contribution in [3.8, 4) is 0 Å². The maximum atomic E-state index is 12.8. The standard InChI is InChI=1S/C18H20N6O/c1-22-10-14-6-4-3-5-13(14)9-16(22)12-23(2)18(25)15-7-8-17-19-20-21-24(17)11-15/h3-8,11,16H,9-10,12H2,1-2H3/t16-/m0/s1. The van der Waals surface area contributed by atoms with Crippen LogP contribution in [0.3, 0.4) is 0 Å². The molecule has 0 fully saturated rings. The number of aromatic nitrogens is 4. The van der Waals surface area contributed by atoms with Crippen LogP contribution in [0.25, 0.3) is 5.65 Å². The SMILES string of the molecule is CN(C[C@@H]1Cc2ccccc2CN1C)C(=O)c1ccc2nnnn2c1. The molecule has 4 rings (SSSR count). The van der Waals surface area contributed by atoms with Gasteiger partial charge in [0.25, 0.3) is 5.91 Å². The third kappa shape index (κ3) is 2.98. The van der Waals surface area contributed by atoms with Gasteiger partial charge in [0.05, 0.1) is 5.56 Å². The molecule has 3 aromatic rings. The molecule has 1 aromatic carbocycles. The Bertz CT molecular complexity index is 921. The highest BCUT2D eigenvalue weighted by atomic mass is 16.2. The summed E-state index contributed by atoms with van der Waals surface area (Å²) < 4.78 is 1.52. The minimum atomic E-state index is -0.0235. The van der Waals surface area contributed by atoms with E-state index in [1.807, 2.05) is 7.05 Å². The van der Waals surface area contributed by atoms with Gasteiger partial charge in [0.1, 0.15) is 0 Å². The molecule has 0 radical (unpaired) electrons. The average molecular weight is 336 g/mol. The summed E-state index contributed by atoms with van der Waals surface area (Å²) in [5.74, 6) is -0.0235. The lowest BCUT2D eigenvalue weighted by molar-refractivity contribution is 0.0733. The van der Waals surface area contributed by atoms with Gasteiger partial charge in [-0.2, -0.15) is 4.52 Å². The van der Waals surface area contributed by atoms with Crippen LogP contribution in [0.4, 0.5) is 0 Å². The lowest BCUT2D eigenvalue weighted by Gasteiger charge is -2.36. The van der Waals surface area contributed by atoms with E-state index in [0.29, 0.717) is 23.8 Å². The van der Waals surface area contributed by atoms with Crippen LogP contribution >= 0.6 is 0 Å². The van der Waals surface area contributed by atoms with Crippen molar-refractivity contribution in [2.24, 2.45) is 0 Å². The van der Waals surface area contributed by atoms with Gasteiger partial charge in [-0.1, -0.05) is 24.3 Å². The number of carbonyl (C=O) groups is 1. The van der Waals surface area contributed by atoms with Crippen LogP contribution in [-0.4, -0.2) is 62.4 Å². The summed E-state index contributed by atoms with van der Waals surface area (Å²) in [5.41, 5.74) is 3.96. The van der Waals surface area contributed by atoms with Crippen molar-refractivity contribution in [2.45, 2.75) is 19.0 Å². The smallest absolute Gasteiger partial charge is 0.255 e. The fourth-order valence-electron chi connectivity index (χ4n) is 3.41. The second-order valence-electron chi connectivity index (χ2n) is 6.63. The van der Waals surface area contributed by atoms with Crippen molar-refractivity contribution in [1.29, 1.82) is 0 Å². The zero-order valence-electron chi connectivity index (χ0n) is 14.3. The molecular weight excluding hydrogens is 316 g/mol. The van der Waals surface area contributed by atoms with Gasteiger partial charge in [0.2, 0.25) is 0 Å². The molecule has 1 atom stereocenters. The van der Waals surface area contributed by atoms with E-state index < -0.39 is 0 Å². The number of likely N-dealkylation sites (N-methyl/N-ethyl adjacent to an activating group) is 2. The minimum Gasteiger partial charge on any atom is -0.340 e. The Kier molecular flexibility index (Phi) is 3.93. The van der Waals surface area contributed by atoms with Crippen LogP contribution in [0.5, 0.6) is 0 Å². The highest BCUT2D eigenvalue weighted by Crippen LogP contribution is 2.22. The largest absolute Gasteiger partial charge is 0.340 e. The van der Waals surface area contributed by atoms with Gasteiger partial charge in [-0.05, 0) is 47.2 Å². The molecule has 2 aromatic heterocycles. The van der Waals surface area contributed by atoms with Gasteiger partial charge in [0.15, 0.2) is 5.65 Å². The number of tetrazole rings is 1. The van der Waals surface area contributed by atoms with Crippen molar-refractivity contribution in [3.63, 3.8) is 0 Å². The molecule has 128 valence electrons. The number of nitrogens with zero attached hydrogens (tertiary/aromatic N) is 6. The molecule has 25 heavy (non-hydrogen) atoms. The predicted molar refractivity (Wildman–Crippen MR) is 93.1 cm³/mol. The average Bonchev–Trinajstić information content (AvgIpc) is 3.09. The Morgan fingerprint density at radius 1 is 1.24 bits per heavy atom. The molecule has 0 bridgehead atoms. The maximum Gasteiger partial charge on any atom is 0.255 e. The fraction of sp³-hybridized carbons (Fsp3) is 0.333. The molecule has 7 nitrogen and oxygen atoms in total. The van der Waals surface area contributed by atoms with Crippen molar-refractivity contribution in [2.75, 3.05) is 20.6 Å². The number of pyridine rings is 1. The van der Waals surface area contributed by atoms with E-state index in [9.17, 15) is 4.79 Å². The van der Waals surface area contributed by atoms with E-state index >= 15 is 0 Å². The summed E-state index contributed by atoms with van der Waals surface area (Å²) in [6.45, 7) is 1.59. The van der Waals surface area contributed by atoms with Crippen molar-refractivity contribution in [1.82, 2.24) is 29.8 Å². The van der Waals surface area contributed by atoms with Crippen LogP contribution in [0, 0.1) is 0 Å². The summed E-state index contributed by atoms with van der Waals surface area (Å²) in [5, 5.41) is 11.3. The quantitative estimate of drug-likeness (QED) is 0.720. The number of rotatable bonds is 3. The fourth-order valence-corrected chi connectivity index (χ4v) is 3.41. The van der Waals surface area contributed by atoms with E-state index in [1.54, 1.807) is 23.2 Å². The highest BCUT2D eigenvalue weighted by Gasteiger charge is 2.26. The Balaban J connectivity index is 1.49. The number of hydrogen-bond acceptors (Lipinski definition) is 5. The number of fused-ring (bicyclic) bond motifs is 2. The van der Waals surface area contributed by atoms with E-state index in [0.717, 1.165) is 13.0 Å². The summed E-state index contributed by atoms with van der Waals surface area (Å²) in [6.07, 6.45) is 2.63. The monoisotopic (exact) mass is 336 g/mol. The molecule has 7 heteroatoms. The van der Waals surface area contributed by atoms with Crippen LogP contribution in [0.1, 0.15) is 21.5 Å². The lowest BCUT2D eigenvalue weighted by Crippen LogP contribution is -2.46. The normalized spacial score (nSPS) is 17.4.